The number of amides is 1. The van der Waals surface area contributed by atoms with Crippen molar-refractivity contribution in [1.82, 2.24) is 16.4 Å². The summed E-state index contributed by atoms with van der Waals surface area (Å²) in [5.41, 5.74) is 3.32. The van der Waals surface area contributed by atoms with Crippen LogP contribution < -0.4 is 41.3 Å². The number of hydrogen-bond donors (Lipinski definition) is 4. The Kier molecular flexibility index (Phi) is 24.3. The molecule has 0 spiro atoms. The van der Waals surface area contributed by atoms with Gasteiger partial charge in [0.25, 0.3) is 0 Å². The number of carbonyl (C=O) groups is 2. The van der Waals surface area contributed by atoms with Crippen LogP contribution in [0.1, 0.15) is 101 Å². The van der Waals surface area contributed by atoms with Crippen molar-refractivity contribution >= 4 is 39.1 Å². The summed E-state index contributed by atoms with van der Waals surface area (Å²) in [6, 6.07) is 44.4. The number of amidine groups is 1. The number of hydrazine groups is 1. The number of nitrogens with one attached hydrogen (secondary N) is 2. The van der Waals surface area contributed by atoms with Gasteiger partial charge in [-0.1, -0.05) is 135 Å². The third kappa shape index (κ3) is 18.7. The van der Waals surface area contributed by atoms with E-state index in [9.17, 15) is 44.3 Å². The molecule has 15 nitrogen and oxygen atoms in total. The Hall–Kier alpha value is -8.70. The fourth-order valence-corrected chi connectivity index (χ4v) is 10.6. The summed E-state index contributed by atoms with van der Waals surface area (Å²) in [4.78, 5) is 24.9. The smallest absolute Gasteiger partial charge is 0.417 e. The Morgan fingerprint density at radius 2 is 1.14 bits per heavy atom. The van der Waals surface area contributed by atoms with Gasteiger partial charge >= 0.3 is 18.4 Å². The number of halogens is 6. The summed E-state index contributed by atoms with van der Waals surface area (Å²) in [5, 5.41) is 11.8. The van der Waals surface area contributed by atoms with Gasteiger partial charge < -0.3 is 35.2 Å². The van der Waals surface area contributed by atoms with E-state index in [1.54, 1.807) is 76.4 Å². The number of para-hydroxylation sites is 1. The van der Waals surface area contributed by atoms with E-state index in [1.165, 1.54) is 42.4 Å². The minimum absolute atomic E-state index is 0. The first-order valence-corrected chi connectivity index (χ1v) is 28.4. The Bertz CT molecular complexity index is 3550. The monoisotopic (exact) mass is 1230 g/mol. The highest BCUT2D eigenvalue weighted by Gasteiger charge is 2.40. The molecule has 2 aliphatic rings. The maximum Gasteiger partial charge on any atom is 0.417 e. The number of nitrogens with zero attached hydrogens (tertiary/aromatic N) is 2. The first kappa shape index (κ1) is 69.1. The molecule has 2 aliphatic heterocycles. The molecule has 0 aromatic heterocycles. The van der Waals surface area contributed by atoms with E-state index < -0.39 is 62.0 Å². The summed E-state index contributed by atoms with van der Waals surface area (Å²) in [7, 11) is -1.19. The van der Waals surface area contributed by atoms with Crippen molar-refractivity contribution in [2.24, 2.45) is 5.84 Å². The molecule has 0 saturated carbocycles. The number of sulfone groups is 1. The molecule has 9 rings (SSSR count). The van der Waals surface area contributed by atoms with Gasteiger partial charge in [0.05, 0.1) is 48.9 Å². The molecule has 7 N–H and O–H groups in total. The maximum absolute atomic E-state index is 13.6. The number of anilines is 1. The van der Waals surface area contributed by atoms with E-state index in [1.807, 2.05) is 78.9 Å². The van der Waals surface area contributed by atoms with Gasteiger partial charge in [0.15, 0.2) is 29.3 Å². The van der Waals surface area contributed by atoms with Crippen LogP contribution in [0, 0.1) is 5.41 Å². The molecule has 0 saturated heterocycles. The van der Waals surface area contributed by atoms with Crippen LogP contribution in [-0.4, -0.2) is 69.5 Å². The number of methoxy groups -OCH3 is 2. The largest absolute Gasteiger partial charge is 0.493 e. The lowest BCUT2D eigenvalue weighted by Gasteiger charge is -2.38. The number of benzene rings is 7. The van der Waals surface area contributed by atoms with Crippen molar-refractivity contribution in [1.29, 1.82) is 5.41 Å². The van der Waals surface area contributed by atoms with Gasteiger partial charge in [-0.25, -0.2) is 19.1 Å². The zero-order valence-corrected chi connectivity index (χ0v) is 48.8. The Morgan fingerprint density at radius 1 is 0.678 bits per heavy atom. The first-order chi connectivity index (χ1) is 40.4. The predicted octanol–water partition coefficient (Wildman–Crippen LogP) is 14.3. The second kappa shape index (κ2) is 30.6. The van der Waals surface area contributed by atoms with Crippen molar-refractivity contribution in [2.75, 3.05) is 38.1 Å². The summed E-state index contributed by atoms with van der Waals surface area (Å²) < 4.78 is 132. The van der Waals surface area contributed by atoms with Crippen LogP contribution in [0.15, 0.2) is 170 Å². The van der Waals surface area contributed by atoms with Gasteiger partial charge in [0, 0.05) is 18.7 Å². The summed E-state index contributed by atoms with van der Waals surface area (Å²) in [6.45, 7) is 6.91. The summed E-state index contributed by atoms with van der Waals surface area (Å²) in [6.07, 6.45) is -4.75. The van der Waals surface area contributed by atoms with Gasteiger partial charge in [-0.2, -0.15) is 26.3 Å². The minimum atomic E-state index is -4.45. The second-order valence-electron chi connectivity index (χ2n) is 20.5. The van der Waals surface area contributed by atoms with Crippen LogP contribution in [-0.2, 0) is 53.0 Å². The predicted molar refractivity (Wildman–Crippen MR) is 325 cm³/mol. The Balaban J connectivity index is 0.000000266. The van der Waals surface area contributed by atoms with E-state index >= 15 is 0 Å². The SMILES string of the molecule is C.COc1cc2c(cc1OCc1ccccc1)CCN(C(=O)OC(C)(C)C)C2CS(=O)(=O)C(=N)N(N)c1ccccc1.COc1cc2c(cc1OCc1ccccc1)CCNC2/C=C/c1ccccc1C(F)(F)F.N.O=Cc1ccccc1C(F)(F)F. The fraction of sp³-hybridized carbons (Fsp3) is 0.277. The number of carbonyl (C=O) groups excluding carboxylic acids is 2. The molecule has 2 atom stereocenters. The van der Waals surface area contributed by atoms with Crippen LogP contribution in [0.4, 0.5) is 36.8 Å². The van der Waals surface area contributed by atoms with E-state index in [4.69, 9.17) is 34.9 Å². The molecular weight excluding hydrogens is 1150 g/mol. The molecule has 7 aromatic carbocycles. The number of nitrogens with two attached hydrogens (primary N) is 1. The highest BCUT2D eigenvalue weighted by atomic mass is 32.2. The molecule has 0 fully saturated rings. The third-order valence-electron chi connectivity index (χ3n) is 13.5. The van der Waals surface area contributed by atoms with Gasteiger partial charge in [-0.3, -0.25) is 20.1 Å². The standard InChI is InChI=1S/C30H36N4O6S.C26H24F3NO2.C8H5F3O.CH4.H3N/c1-30(2,3)40-29(35)33-16-15-22-17-27(39-19-21-11-7-5-8-12-21)26(38-4)18-24(22)25(33)20-41(36,37)28(31)34(32)23-13-9-6-10-14-23;1-31-24-16-21-20(15-25(24)32-17-18-7-3-2-4-8-18)13-14-30-23(21)12-11-19-9-5-6-10-22(19)26(27,28)29;9-8(10,11)7-4-2-1-3-6(7)5-12;;/h5-14,17-18,25,31H,15-16,19-20,32H2,1-4H3;2-12,15-16,23,30H,13-14,17H2,1H3;1-5H;1H4;1H3/b;12-11+;;;. The number of rotatable bonds is 14. The number of ether oxygens (including phenoxy) is 5. The molecule has 464 valence electrons. The minimum Gasteiger partial charge on any atom is -0.493 e. The maximum atomic E-state index is 13.6. The van der Waals surface area contributed by atoms with E-state index in [0.29, 0.717) is 60.4 Å². The molecular formula is C65H72F6N6O9S. The number of hydrogen-bond acceptors (Lipinski definition) is 13. The van der Waals surface area contributed by atoms with Crippen LogP contribution in [0.2, 0.25) is 0 Å². The first-order valence-electron chi connectivity index (χ1n) is 26.8. The van der Waals surface area contributed by atoms with Crippen molar-refractivity contribution < 1.29 is 68.0 Å². The topological polar surface area (TPSA) is 218 Å². The summed E-state index contributed by atoms with van der Waals surface area (Å²) in [5.74, 6) is 7.61. The molecule has 0 bridgehead atoms. The normalized spacial score (nSPS) is 14.6. The zero-order valence-electron chi connectivity index (χ0n) is 48.0. The molecule has 0 aliphatic carbocycles. The molecule has 2 heterocycles. The van der Waals surface area contributed by atoms with E-state index in [0.717, 1.165) is 57.4 Å². The summed E-state index contributed by atoms with van der Waals surface area (Å²) >= 11 is 0. The van der Waals surface area contributed by atoms with Crippen molar-refractivity contribution in [3.05, 3.63) is 226 Å². The van der Waals surface area contributed by atoms with E-state index in [2.05, 4.69) is 5.32 Å². The fourth-order valence-electron chi connectivity index (χ4n) is 9.31. The molecule has 7 aromatic rings. The van der Waals surface area contributed by atoms with E-state index in [-0.39, 0.29) is 43.6 Å². The van der Waals surface area contributed by atoms with Crippen molar-refractivity contribution in [3.8, 4) is 23.0 Å². The van der Waals surface area contributed by atoms with Gasteiger partial charge in [0.1, 0.15) is 18.8 Å². The van der Waals surface area contributed by atoms with Crippen LogP contribution in [0.5, 0.6) is 23.0 Å². The number of fused-ring (bicyclic) bond motifs is 2. The van der Waals surface area contributed by atoms with Crippen molar-refractivity contribution in [2.45, 2.75) is 84.3 Å². The highest BCUT2D eigenvalue weighted by molar-refractivity contribution is 8.06. The van der Waals surface area contributed by atoms with Crippen LogP contribution in [0.3, 0.4) is 0 Å². The Labute approximate surface area is 503 Å². The average Bonchev–Trinajstić information content (AvgIpc) is 0.951. The van der Waals surface area contributed by atoms with Crippen LogP contribution in [0.25, 0.3) is 6.08 Å². The van der Waals surface area contributed by atoms with Gasteiger partial charge in [0.2, 0.25) is 15.0 Å². The van der Waals surface area contributed by atoms with Crippen LogP contribution >= 0.6 is 0 Å². The lowest BCUT2D eigenvalue weighted by Crippen LogP contribution is -2.48. The third-order valence-corrected chi connectivity index (χ3v) is 15.0. The lowest BCUT2D eigenvalue weighted by molar-refractivity contribution is -0.138. The van der Waals surface area contributed by atoms with Gasteiger partial charge in [-0.05, 0) is 121 Å². The average molecular weight is 1230 g/mol. The molecule has 1 amide bonds. The molecule has 22 heteroatoms. The molecule has 87 heavy (non-hydrogen) atoms. The van der Waals surface area contributed by atoms with Gasteiger partial charge in [-0.15, -0.1) is 0 Å². The second-order valence-corrected chi connectivity index (χ2v) is 22.5. The number of alkyl halides is 6. The van der Waals surface area contributed by atoms with Crippen molar-refractivity contribution in [3.63, 3.8) is 0 Å². The Morgan fingerprint density at radius 3 is 1.62 bits per heavy atom. The highest BCUT2D eigenvalue weighted by Crippen LogP contribution is 2.41. The lowest BCUT2D eigenvalue weighted by atomic mass is 9.92. The molecule has 2 unspecified atom stereocenters. The number of aldehydes is 1. The zero-order chi connectivity index (χ0) is 61.5. The molecule has 0 radical (unpaired) electrons. The quantitative estimate of drug-likeness (QED) is 0.0199.